The first-order valence-electron chi connectivity index (χ1n) is 7.93. The van der Waals surface area contributed by atoms with Gasteiger partial charge < -0.3 is 19.5 Å². The number of hydrogen-bond acceptors (Lipinski definition) is 6. The number of carbonyl (C=O) groups excluding carboxylic acids is 2. The lowest BCUT2D eigenvalue weighted by atomic mass is 10.2. The van der Waals surface area contributed by atoms with Crippen molar-refractivity contribution >= 4 is 17.6 Å². The third kappa shape index (κ3) is 4.86. The monoisotopic (exact) mass is 355 g/mol. The number of anilines is 1. The molecular weight excluding hydrogens is 334 g/mol. The summed E-state index contributed by atoms with van der Waals surface area (Å²) in [5.74, 6) is 0.140. The Labute approximate surface area is 152 Å². The van der Waals surface area contributed by atoms with Crippen molar-refractivity contribution in [3.63, 3.8) is 0 Å². The first-order valence-corrected chi connectivity index (χ1v) is 7.93. The van der Waals surface area contributed by atoms with Crippen molar-refractivity contribution in [1.29, 1.82) is 0 Å². The van der Waals surface area contributed by atoms with E-state index in [-0.39, 0.29) is 5.70 Å². The quantitative estimate of drug-likeness (QED) is 0.629. The second-order valence-corrected chi connectivity index (χ2v) is 5.55. The number of carbonyl (C=O) groups is 2. The summed E-state index contributed by atoms with van der Waals surface area (Å²) in [4.78, 5) is 23.2. The van der Waals surface area contributed by atoms with Crippen LogP contribution in [-0.4, -0.2) is 26.2 Å². The predicted molar refractivity (Wildman–Crippen MR) is 98.2 cm³/mol. The molecule has 0 spiro atoms. The van der Waals surface area contributed by atoms with Gasteiger partial charge in [-0.05, 0) is 49.2 Å². The summed E-state index contributed by atoms with van der Waals surface area (Å²) in [7, 11) is 2.47. The molecule has 2 aromatic carbocycles. The number of methoxy groups -OCH3 is 2. The lowest BCUT2D eigenvalue weighted by Gasteiger charge is -2.14. The highest BCUT2D eigenvalue weighted by molar-refractivity contribution is 5.98. The molecular formula is C20H21NO5. The van der Waals surface area contributed by atoms with Gasteiger partial charge in [-0.2, -0.15) is 0 Å². The van der Waals surface area contributed by atoms with Crippen LogP contribution in [0, 0.1) is 13.8 Å². The summed E-state index contributed by atoms with van der Waals surface area (Å²) >= 11 is 0. The second-order valence-electron chi connectivity index (χ2n) is 5.55. The fraction of sp³-hybridized carbons (Fsp3) is 0.200. The molecule has 0 unspecified atom stereocenters. The number of aryl methyl sites for hydroxylation is 2. The molecule has 26 heavy (non-hydrogen) atoms. The average molecular weight is 355 g/mol. The highest BCUT2D eigenvalue weighted by Gasteiger charge is 2.13. The van der Waals surface area contributed by atoms with E-state index in [1.54, 1.807) is 12.1 Å². The lowest BCUT2D eigenvalue weighted by Crippen LogP contribution is -2.15. The first kappa shape index (κ1) is 19.1. The molecule has 0 aliphatic rings. The molecule has 0 atom stereocenters. The van der Waals surface area contributed by atoms with Crippen LogP contribution in [0.2, 0.25) is 0 Å². The Hall–Kier alpha value is -3.28. The number of benzene rings is 2. The average Bonchev–Trinajstić information content (AvgIpc) is 2.64. The van der Waals surface area contributed by atoms with Crippen LogP contribution in [-0.2, 0) is 19.1 Å². The standard InChI is InChI=1S/C20H21NO5/c1-13-7-5-6-8-17(13)26-18-10-9-15(11-14(18)2)21-16(20(23)25-4)12-19(22)24-3/h5-12,21H,1-4H3/b16-12+. The molecule has 0 saturated carbocycles. The molecule has 0 saturated heterocycles. The summed E-state index contributed by atoms with van der Waals surface area (Å²) in [6.07, 6.45) is 1.04. The fourth-order valence-electron chi connectivity index (χ4n) is 2.22. The van der Waals surface area contributed by atoms with Gasteiger partial charge in [0.2, 0.25) is 0 Å². The number of para-hydroxylation sites is 1. The molecule has 6 heteroatoms. The summed E-state index contributed by atoms with van der Waals surface area (Å²) in [6.45, 7) is 3.86. The minimum absolute atomic E-state index is 0.0219. The van der Waals surface area contributed by atoms with E-state index in [4.69, 9.17) is 4.74 Å². The van der Waals surface area contributed by atoms with Crippen LogP contribution in [0.5, 0.6) is 11.5 Å². The van der Waals surface area contributed by atoms with Crippen LogP contribution in [0.15, 0.2) is 54.2 Å². The Morgan fingerprint density at radius 2 is 1.62 bits per heavy atom. The second kappa shape index (κ2) is 8.71. The normalized spacial score (nSPS) is 10.8. The van der Waals surface area contributed by atoms with Gasteiger partial charge >= 0.3 is 11.9 Å². The van der Waals surface area contributed by atoms with Crippen molar-refractivity contribution in [3.8, 4) is 11.5 Å². The van der Waals surface area contributed by atoms with Crippen LogP contribution in [0.1, 0.15) is 11.1 Å². The van der Waals surface area contributed by atoms with E-state index in [0.717, 1.165) is 23.0 Å². The van der Waals surface area contributed by atoms with Crippen LogP contribution >= 0.6 is 0 Å². The van der Waals surface area contributed by atoms with E-state index >= 15 is 0 Å². The summed E-state index contributed by atoms with van der Waals surface area (Å²) in [5.41, 5.74) is 2.48. The smallest absolute Gasteiger partial charge is 0.354 e. The molecule has 0 aliphatic heterocycles. The van der Waals surface area contributed by atoms with Crippen LogP contribution in [0.3, 0.4) is 0 Å². The van der Waals surface area contributed by atoms with Crippen molar-refractivity contribution in [1.82, 2.24) is 0 Å². The third-order valence-corrected chi connectivity index (χ3v) is 3.64. The van der Waals surface area contributed by atoms with Gasteiger partial charge in [-0.3, -0.25) is 0 Å². The molecule has 1 N–H and O–H groups in total. The molecule has 0 aliphatic carbocycles. The zero-order valence-electron chi connectivity index (χ0n) is 15.2. The SMILES string of the molecule is COC(=O)/C=C(/Nc1ccc(Oc2ccccc2C)c(C)c1)C(=O)OC. The largest absolute Gasteiger partial charge is 0.466 e. The van der Waals surface area contributed by atoms with Crippen molar-refractivity contribution < 1.29 is 23.8 Å². The molecule has 0 bridgehead atoms. The molecule has 0 aromatic heterocycles. The molecule has 0 fully saturated rings. The van der Waals surface area contributed by atoms with Crippen molar-refractivity contribution in [2.75, 3.05) is 19.5 Å². The van der Waals surface area contributed by atoms with Crippen LogP contribution in [0.25, 0.3) is 0 Å². The lowest BCUT2D eigenvalue weighted by molar-refractivity contribution is -0.138. The highest BCUT2D eigenvalue weighted by atomic mass is 16.5. The molecule has 2 aromatic rings. The van der Waals surface area contributed by atoms with Gasteiger partial charge in [-0.1, -0.05) is 18.2 Å². The maximum atomic E-state index is 11.8. The Balaban J connectivity index is 2.22. The topological polar surface area (TPSA) is 73.9 Å². The van der Waals surface area contributed by atoms with Gasteiger partial charge in [0.05, 0.1) is 20.3 Å². The Morgan fingerprint density at radius 1 is 0.923 bits per heavy atom. The molecule has 6 nitrogen and oxygen atoms in total. The minimum atomic E-state index is -0.673. The van der Waals surface area contributed by atoms with Crippen molar-refractivity contribution in [2.45, 2.75) is 13.8 Å². The maximum absolute atomic E-state index is 11.8. The van der Waals surface area contributed by atoms with E-state index in [2.05, 4.69) is 14.8 Å². The fourth-order valence-corrected chi connectivity index (χ4v) is 2.22. The maximum Gasteiger partial charge on any atom is 0.354 e. The van der Waals surface area contributed by atoms with Crippen molar-refractivity contribution in [3.05, 3.63) is 65.4 Å². The highest BCUT2D eigenvalue weighted by Crippen LogP contribution is 2.29. The number of nitrogens with one attached hydrogen (secondary N) is 1. The van der Waals surface area contributed by atoms with Gasteiger partial charge in [0.15, 0.2) is 0 Å². The first-order chi connectivity index (χ1) is 12.4. The van der Waals surface area contributed by atoms with E-state index in [0.29, 0.717) is 11.4 Å². The zero-order valence-corrected chi connectivity index (χ0v) is 15.2. The zero-order chi connectivity index (χ0) is 19.1. The van der Waals surface area contributed by atoms with E-state index in [9.17, 15) is 9.59 Å². The Kier molecular flexibility index (Phi) is 6.38. The number of ether oxygens (including phenoxy) is 3. The number of hydrogen-bond donors (Lipinski definition) is 1. The summed E-state index contributed by atoms with van der Waals surface area (Å²) in [6, 6.07) is 13.1. The number of esters is 2. The molecule has 2 rings (SSSR count). The minimum Gasteiger partial charge on any atom is -0.466 e. The molecule has 136 valence electrons. The number of rotatable bonds is 6. The van der Waals surface area contributed by atoms with Gasteiger partial charge in [0, 0.05) is 5.69 Å². The van der Waals surface area contributed by atoms with Gasteiger partial charge in [0.1, 0.15) is 17.2 Å². The predicted octanol–water partition coefficient (Wildman–Crippen LogP) is 3.74. The van der Waals surface area contributed by atoms with Gasteiger partial charge in [-0.15, -0.1) is 0 Å². The molecule has 0 heterocycles. The third-order valence-electron chi connectivity index (χ3n) is 3.64. The van der Waals surface area contributed by atoms with E-state index in [1.807, 2.05) is 44.2 Å². The Bertz CT molecular complexity index is 842. The van der Waals surface area contributed by atoms with Gasteiger partial charge in [0.25, 0.3) is 0 Å². The van der Waals surface area contributed by atoms with Crippen molar-refractivity contribution in [2.24, 2.45) is 0 Å². The summed E-state index contributed by atoms with van der Waals surface area (Å²) < 4.78 is 15.2. The summed E-state index contributed by atoms with van der Waals surface area (Å²) in [5, 5.41) is 2.87. The van der Waals surface area contributed by atoms with Crippen LogP contribution in [0.4, 0.5) is 5.69 Å². The van der Waals surface area contributed by atoms with Crippen LogP contribution < -0.4 is 10.1 Å². The molecule has 0 radical (unpaired) electrons. The van der Waals surface area contributed by atoms with E-state index in [1.165, 1.54) is 14.2 Å². The van der Waals surface area contributed by atoms with Gasteiger partial charge in [-0.25, -0.2) is 9.59 Å². The van der Waals surface area contributed by atoms with E-state index < -0.39 is 11.9 Å². The Morgan fingerprint density at radius 3 is 2.23 bits per heavy atom. The molecule has 0 amide bonds.